The molecule has 94 valence electrons. The van der Waals surface area contributed by atoms with Gasteiger partial charge in [0.15, 0.2) is 11.7 Å². The zero-order valence-electron chi connectivity index (χ0n) is 9.96. The lowest BCUT2D eigenvalue weighted by atomic mass is 10.2. The summed E-state index contributed by atoms with van der Waals surface area (Å²) in [5, 5.41) is 1.35. The Morgan fingerprint density at radius 1 is 1.05 bits per heavy atom. The van der Waals surface area contributed by atoms with Crippen molar-refractivity contribution < 1.29 is 9.53 Å². The third-order valence-electron chi connectivity index (χ3n) is 2.87. The molecule has 0 spiro atoms. The van der Waals surface area contributed by atoms with Crippen LogP contribution in [-0.2, 0) is 4.79 Å². The topological polar surface area (TPSA) is 43.4 Å². The van der Waals surface area contributed by atoms with Gasteiger partial charge in [0.2, 0.25) is 0 Å². The molecule has 0 bridgehead atoms. The summed E-state index contributed by atoms with van der Waals surface area (Å²) in [5.41, 5.74) is 0.000836. The smallest absolute Gasteiger partial charge is 0.196 e. The van der Waals surface area contributed by atoms with Gasteiger partial charge in [0.1, 0.15) is 12.4 Å². The van der Waals surface area contributed by atoms with Gasteiger partial charge in [-0.15, -0.1) is 11.3 Å². The molecule has 0 atom stereocenters. The van der Waals surface area contributed by atoms with Crippen molar-refractivity contribution in [3.05, 3.63) is 52.7 Å². The van der Waals surface area contributed by atoms with Gasteiger partial charge in [-0.25, -0.2) is 0 Å². The van der Waals surface area contributed by atoms with E-state index in [1.54, 1.807) is 23.5 Å². The maximum atomic E-state index is 12.4. The fourth-order valence-electron chi connectivity index (χ4n) is 2.00. The molecule has 0 aliphatic heterocycles. The van der Waals surface area contributed by atoms with Gasteiger partial charge >= 0.3 is 0 Å². The van der Waals surface area contributed by atoms with Crippen LogP contribution in [0.5, 0.6) is 5.75 Å². The minimum atomic E-state index is -0.00327. The van der Waals surface area contributed by atoms with E-state index in [9.17, 15) is 9.59 Å². The number of fused-ring (bicyclic) bond motifs is 2. The summed E-state index contributed by atoms with van der Waals surface area (Å²) in [5.74, 6) is 0.541. The Kier molecular flexibility index (Phi) is 3.01. The second-order valence-corrected chi connectivity index (χ2v) is 5.15. The van der Waals surface area contributed by atoms with E-state index < -0.39 is 0 Å². The Morgan fingerprint density at radius 2 is 1.84 bits per heavy atom. The molecule has 0 aliphatic carbocycles. The minimum absolute atomic E-state index is 0.000836. The molecule has 3 nitrogen and oxygen atoms in total. The molecule has 0 saturated carbocycles. The number of carbonyl (C=O) groups excluding carboxylic acids is 1. The highest BCUT2D eigenvalue weighted by Gasteiger charge is 2.06. The molecule has 4 heteroatoms. The molecule has 1 aromatic heterocycles. The predicted octanol–water partition coefficient (Wildman–Crippen LogP) is 2.99. The summed E-state index contributed by atoms with van der Waals surface area (Å²) in [6, 6.07) is 12.9. The molecule has 0 unspecified atom stereocenters. The molecule has 0 fully saturated rings. The van der Waals surface area contributed by atoms with E-state index >= 15 is 0 Å². The summed E-state index contributed by atoms with van der Waals surface area (Å²) in [4.78, 5) is 22.7. The number of hydrogen-bond donors (Lipinski definition) is 0. The van der Waals surface area contributed by atoms with E-state index in [0.29, 0.717) is 22.8 Å². The van der Waals surface area contributed by atoms with Crippen molar-refractivity contribution in [2.24, 2.45) is 0 Å². The van der Waals surface area contributed by atoms with Crippen LogP contribution in [0, 0.1) is 0 Å². The summed E-state index contributed by atoms with van der Waals surface area (Å²) >= 11 is 1.57. The lowest BCUT2D eigenvalue weighted by Crippen LogP contribution is -2.02. The van der Waals surface area contributed by atoms with Gasteiger partial charge in [0, 0.05) is 20.2 Å². The van der Waals surface area contributed by atoms with Crippen LogP contribution in [-0.4, -0.2) is 12.9 Å². The van der Waals surface area contributed by atoms with Crippen molar-refractivity contribution in [3.63, 3.8) is 0 Å². The first-order valence-electron chi connectivity index (χ1n) is 5.81. The largest absolute Gasteiger partial charge is 0.486 e. The van der Waals surface area contributed by atoms with Crippen molar-refractivity contribution in [1.29, 1.82) is 0 Å². The lowest BCUT2D eigenvalue weighted by Gasteiger charge is -2.04. The molecule has 0 radical (unpaired) electrons. The highest BCUT2D eigenvalue weighted by Crippen LogP contribution is 2.27. The van der Waals surface area contributed by atoms with Gasteiger partial charge in [-0.3, -0.25) is 9.59 Å². The molecule has 2 aromatic carbocycles. The van der Waals surface area contributed by atoms with E-state index in [1.807, 2.05) is 30.3 Å². The van der Waals surface area contributed by atoms with Gasteiger partial charge in [0.25, 0.3) is 0 Å². The van der Waals surface area contributed by atoms with Gasteiger partial charge < -0.3 is 4.74 Å². The number of rotatable bonds is 3. The maximum Gasteiger partial charge on any atom is 0.196 e. The molecule has 0 amide bonds. The molecule has 0 saturated heterocycles. The zero-order valence-corrected chi connectivity index (χ0v) is 10.8. The molecule has 0 N–H and O–H groups in total. The lowest BCUT2D eigenvalue weighted by molar-refractivity contribution is -0.109. The number of benzene rings is 2. The Bertz CT molecular complexity index is 820. The van der Waals surface area contributed by atoms with Crippen LogP contribution >= 0.6 is 11.3 Å². The van der Waals surface area contributed by atoms with E-state index in [2.05, 4.69) is 0 Å². The molecule has 19 heavy (non-hydrogen) atoms. The van der Waals surface area contributed by atoms with Crippen LogP contribution in [0.3, 0.4) is 0 Å². The number of carbonyl (C=O) groups is 1. The Hall–Kier alpha value is -2.20. The highest BCUT2D eigenvalue weighted by molar-refractivity contribution is 7.24. The second kappa shape index (κ2) is 4.82. The third-order valence-corrected chi connectivity index (χ3v) is 4.02. The van der Waals surface area contributed by atoms with Crippen molar-refractivity contribution >= 4 is 37.8 Å². The van der Waals surface area contributed by atoms with Crippen LogP contribution in [0.2, 0.25) is 0 Å². The summed E-state index contributed by atoms with van der Waals surface area (Å²) < 4.78 is 7.12. The molecule has 3 rings (SSSR count). The van der Waals surface area contributed by atoms with Gasteiger partial charge in [-0.1, -0.05) is 12.1 Å². The molecule has 3 aromatic rings. The van der Waals surface area contributed by atoms with Crippen LogP contribution in [0.15, 0.2) is 47.3 Å². The SMILES string of the molecule is O=CCOc1ccc2sc3ccccc3c(=O)c2c1. The van der Waals surface area contributed by atoms with E-state index in [-0.39, 0.29) is 12.0 Å². The summed E-state index contributed by atoms with van der Waals surface area (Å²) in [6.45, 7) is -0.00327. The number of hydrogen-bond acceptors (Lipinski definition) is 4. The molecule has 1 heterocycles. The molecule has 0 aliphatic rings. The maximum absolute atomic E-state index is 12.4. The molecular weight excluding hydrogens is 260 g/mol. The normalized spacial score (nSPS) is 10.7. The van der Waals surface area contributed by atoms with Crippen LogP contribution < -0.4 is 10.2 Å². The van der Waals surface area contributed by atoms with Crippen molar-refractivity contribution in [2.75, 3.05) is 6.61 Å². The standard InChI is InChI=1S/C15H10O3S/c16-7-8-18-10-5-6-14-12(9-10)15(17)11-3-1-2-4-13(11)19-14/h1-7,9H,8H2. The van der Waals surface area contributed by atoms with Gasteiger partial charge in [-0.05, 0) is 30.3 Å². The van der Waals surface area contributed by atoms with Crippen molar-refractivity contribution in [3.8, 4) is 5.75 Å². The van der Waals surface area contributed by atoms with E-state index in [1.165, 1.54) is 0 Å². The predicted molar refractivity (Wildman–Crippen MR) is 77.2 cm³/mol. The van der Waals surface area contributed by atoms with E-state index in [0.717, 1.165) is 9.40 Å². The molecular formula is C15H10O3S. The Morgan fingerprint density at radius 3 is 2.68 bits per heavy atom. The average Bonchev–Trinajstić information content (AvgIpc) is 2.46. The van der Waals surface area contributed by atoms with Crippen LogP contribution in [0.25, 0.3) is 20.2 Å². The fraction of sp³-hybridized carbons (Fsp3) is 0.0667. The van der Waals surface area contributed by atoms with Gasteiger partial charge in [0.05, 0.1) is 0 Å². The zero-order chi connectivity index (χ0) is 13.2. The third kappa shape index (κ3) is 2.11. The monoisotopic (exact) mass is 270 g/mol. The fourth-order valence-corrected chi connectivity index (χ4v) is 3.05. The highest BCUT2D eigenvalue weighted by atomic mass is 32.1. The van der Waals surface area contributed by atoms with Gasteiger partial charge in [-0.2, -0.15) is 0 Å². The number of ether oxygens (including phenoxy) is 1. The first kappa shape index (κ1) is 11.9. The summed E-state index contributed by atoms with van der Waals surface area (Å²) in [6.07, 6.45) is 0.686. The minimum Gasteiger partial charge on any atom is -0.486 e. The Balaban J connectivity index is 2.27. The van der Waals surface area contributed by atoms with Crippen molar-refractivity contribution in [1.82, 2.24) is 0 Å². The van der Waals surface area contributed by atoms with Crippen LogP contribution in [0.4, 0.5) is 0 Å². The quantitative estimate of drug-likeness (QED) is 0.543. The average molecular weight is 270 g/mol. The Labute approximate surface area is 113 Å². The first-order chi connectivity index (χ1) is 9.29. The summed E-state index contributed by atoms with van der Waals surface area (Å²) in [7, 11) is 0. The number of aldehydes is 1. The second-order valence-electron chi connectivity index (χ2n) is 4.06. The van der Waals surface area contributed by atoms with Crippen LogP contribution in [0.1, 0.15) is 0 Å². The van der Waals surface area contributed by atoms with E-state index in [4.69, 9.17) is 4.74 Å². The van der Waals surface area contributed by atoms with Crippen molar-refractivity contribution in [2.45, 2.75) is 0 Å². The first-order valence-corrected chi connectivity index (χ1v) is 6.63.